The summed E-state index contributed by atoms with van der Waals surface area (Å²) in [5, 5.41) is 6.30. The van der Waals surface area contributed by atoms with Gasteiger partial charge in [-0.25, -0.2) is 0 Å². The van der Waals surface area contributed by atoms with Crippen LogP contribution in [0.5, 0.6) is 0 Å². The van der Waals surface area contributed by atoms with Crippen LogP contribution in [0.1, 0.15) is 12.0 Å². The van der Waals surface area contributed by atoms with E-state index in [1.807, 2.05) is 24.3 Å². The Morgan fingerprint density at radius 3 is 2.84 bits per heavy atom. The van der Waals surface area contributed by atoms with Gasteiger partial charge in [-0.3, -0.25) is 9.59 Å². The molecule has 2 N–H and O–H groups in total. The molecule has 7 heteroatoms. The van der Waals surface area contributed by atoms with E-state index in [0.29, 0.717) is 22.2 Å². The highest BCUT2D eigenvalue weighted by molar-refractivity contribution is 8.01. The van der Waals surface area contributed by atoms with Crippen molar-refractivity contribution in [1.29, 1.82) is 0 Å². The predicted octanol–water partition coefficient (Wildman–Crippen LogP) is 4.62. The maximum Gasteiger partial charge on any atom is 0.237 e. The van der Waals surface area contributed by atoms with Crippen LogP contribution in [0.4, 0.5) is 11.4 Å². The number of aryl methyl sites for hydroxylation is 1. The zero-order valence-corrected chi connectivity index (χ0v) is 15.5. The first-order valence-corrected chi connectivity index (χ1v) is 9.58. The maximum absolute atomic E-state index is 12.3. The smallest absolute Gasteiger partial charge is 0.237 e. The number of hydrogen-bond acceptors (Lipinski definition) is 3. The molecule has 0 saturated heterocycles. The molecule has 4 nitrogen and oxygen atoms in total. The van der Waals surface area contributed by atoms with Gasteiger partial charge >= 0.3 is 0 Å². The molecule has 2 aromatic rings. The number of amides is 2. The number of thioether (sulfide) groups is 1. The van der Waals surface area contributed by atoms with Gasteiger partial charge in [0.05, 0.1) is 21.7 Å². The highest BCUT2D eigenvalue weighted by Gasteiger charge is 2.24. The molecule has 0 spiro atoms. The zero-order valence-electron chi connectivity index (χ0n) is 13.2. The van der Waals surface area contributed by atoms with E-state index in [1.54, 1.807) is 18.2 Å². The van der Waals surface area contributed by atoms with Crippen LogP contribution in [0.25, 0.3) is 0 Å². The molecule has 0 aromatic heterocycles. The molecule has 0 bridgehead atoms. The first-order chi connectivity index (χ1) is 12.0. The number of fused-ring (bicyclic) bond motifs is 1. The van der Waals surface area contributed by atoms with Crippen LogP contribution in [-0.2, 0) is 16.0 Å². The number of hydrogen-bond donors (Lipinski definition) is 2. The van der Waals surface area contributed by atoms with Crippen molar-refractivity contribution >= 4 is 58.2 Å². The highest BCUT2D eigenvalue weighted by Crippen LogP contribution is 2.28. The Kier molecular flexibility index (Phi) is 5.89. The van der Waals surface area contributed by atoms with E-state index < -0.39 is 0 Å². The zero-order chi connectivity index (χ0) is 17.8. The van der Waals surface area contributed by atoms with Gasteiger partial charge in [0.1, 0.15) is 0 Å². The van der Waals surface area contributed by atoms with Crippen LogP contribution in [0.2, 0.25) is 10.0 Å². The summed E-state index contributed by atoms with van der Waals surface area (Å²) >= 11 is 13.2. The molecule has 0 saturated carbocycles. The van der Waals surface area contributed by atoms with Crippen molar-refractivity contribution in [3.63, 3.8) is 0 Å². The fourth-order valence-electron chi connectivity index (χ4n) is 2.60. The minimum Gasteiger partial charge on any atom is -0.325 e. The Labute approximate surface area is 160 Å². The molecule has 2 aromatic carbocycles. The number of nitrogens with one attached hydrogen (secondary N) is 2. The van der Waals surface area contributed by atoms with Crippen molar-refractivity contribution in [2.24, 2.45) is 0 Å². The summed E-state index contributed by atoms with van der Waals surface area (Å²) in [6.07, 6.45) is 1.50. The molecule has 3 rings (SSSR count). The lowest BCUT2D eigenvalue weighted by Crippen LogP contribution is -2.26. The summed E-state index contributed by atoms with van der Waals surface area (Å²) in [5.74, 6) is -0.0935. The van der Waals surface area contributed by atoms with Gasteiger partial charge in [-0.05, 0) is 42.7 Å². The highest BCUT2D eigenvalue weighted by atomic mass is 35.5. The molecule has 130 valence electrons. The summed E-state index contributed by atoms with van der Waals surface area (Å²) in [4.78, 5) is 24.5. The molecule has 25 heavy (non-hydrogen) atoms. The minimum atomic E-state index is -0.265. The molecule has 1 heterocycles. The van der Waals surface area contributed by atoms with Gasteiger partial charge in [-0.1, -0.05) is 41.4 Å². The fraction of sp³-hybridized carbons (Fsp3) is 0.222. The molecule has 0 fully saturated rings. The number of anilines is 2. The first-order valence-electron chi connectivity index (χ1n) is 7.78. The summed E-state index contributed by atoms with van der Waals surface area (Å²) in [5.41, 5.74) is 2.48. The maximum atomic E-state index is 12.3. The van der Waals surface area contributed by atoms with Gasteiger partial charge in [-0.2, -0.15) is 0 Å². The monoisotopic (exact) mass is 394 g/mol. The Balaban J connectivity index is 1.56. The Morgan fingerprint density at radius 1 is 1.24 bits per heavy atom. The molecule has 2 amide bonds. The van der Waals surface area contributed by atoms with E-state index in [-0.39, 0.29) is 22.8 Å². The quantitative estimate of drug-likeness (QED) is 0.795. The molecule has 1 aliphatic heterocycles. The average Bonchev–Trinajstić information content (AvgIpc) is 2.74. The molecule has 0 radical (unpaired) electrons. The second kappa shape index (κ2) is 8.13. The Bertz CT molecular complexity index is 813. The van der Waals surface area contributed by atoms with Crippen molar-refractivity contribution in [2.45, 2.75) is 18.1 Å². The minimum absolute atomic E-state index is 0.0627. The number of para-hydroxylation sites is 1. The Morgan fingerprint density at radius 2 is 2.04 bits per heavy atom. The van der Waals surface area contributed by atoms with Crippen LogP contribution >= 0.6 is 35.0 Å². The van der Waals surface area contributed by atoms with Crippen LogP contribution in [0.15, 0.2) is 42.5 Å². The predicted molar refractivity (Wildman–Crippen MR) is 105 cm³/mol. The van der Waals surface area contributed by atoms with Gasteiger partial charge < -0.3 is 10.6 Å². The van der Waals surface area contributed by atoms with Crippen LogP contribution in [-0.4, -0.2) is 22.8 Å². The van der Waals surface area contributed by atoms with Gasteiger partial charge in [0, 0.05) is 10.7 Å². The molecular weight excluding hydrogens is 379 g/mol. The molecule has 0 aliphatic carbocycles. The molecule has 1 unspecified atom stereocenters. The number of halogens is 2. The van der Waals surface area contributed by atoms with Crippen molar-refractivity contribution in [3.8, 4) is 0 Å². The van der Waals surface area contributed by atoms with Crippen molar-refractivity contribution in [3.05, 3.63) is 58.1 Å². The number of carbonyl (C=O) groups excluding carboxylic acids is 2. The first kappa shape index (κ1) is 18.1. The summed E-state index contributed by atoms with van der Waals surface area (Å²) in [6, 6.07) is 12.7. The van der Waals surface area contributed by atoms with E-state index in [1.165, 1.54) is 11.8 Å². The fourth-order valence-corrected chi connectivity index (χ4v) is 3.98. The SMILES string of the molecule is O=C(CSC1CCc2ccccc2NC1=O)Nc1ccc(Cl)cc1Cl. The molecule has 1 aliphatic rings. The van der Waals surface area contributed by atoms with Crippen molar-refractivity contribution in [2.75, 3.05) is 16.4 Å². The van der Waals surface area contributed by atoms with Gasteiger partial charge in [-0.15, -0.1) is 11.8 Å². The van der Waals surface area contributed by atoms with Crippen LogP contribution in [0.3, 0.4) is 0 Å². The third-order valence-corrected chi connectivity index (χ3v) is 5.69. The van der Waals surface area contributed by atoms with Crippen LogP contribution < -0.4 is 10.6 Å². The molecular formula is C18H16Cl2N2O2S. The van der Waals surface area contributed by atoms with Crippen LogP contribution in [0, 0.1) is 0 Å². The number of benzene rings is 2. The third-order valence-electron chi connectivity index (χ3n) is 3.86. The lowest BCUT2D eigenvalue weighted by Gasteiger charge is -2.13. The lowest BCUT2D eigenvalue weighted by atomic mass is 10.1. The summed E-state index contributed by atoms with van der Waals surface area (Å²) < 4.78 is 0. The average molecular weight is 395 g/mol. The molecule has 1 atom stereocenters. The lowest BCUT2D eigenvalue weighted by molar-refractivity contribution is -0.115. The van der Waals surface area contributed by atoms with Gasteiger partial charge in [0.15, 0.2) is 0 Å². The van der Waals surface area contributed by atoms with Gasteiger partial charge in [0.2, 0.25) is 11.8 Å². The number of rotatable bonds is 4. The van der Waals surface area contributed by atoms with Crippen molar-refractivity contribution < 1.29 is 9.59 Å². The van der Waals surface area contributed by atoms with E-state index in [4.69, 9.17) is 23.2 Å². The van der Waals surface area contributed by atoms with E-state index in [0.717, 1.165) is 17.7 Å². The largest absolute Gasteiger partial charge is 0.325 e. The summed E-state index contributed by atoms with van der Waals surface area (Å²) in [7, 11) is 0. The normalized spacial score (nSPS) is 16.6. The second-order valence-electron chi connectivity index (χ2n) is 5.66. The Hall–Kier alpha value is -1.69. The topological polar surface area (TPSA) is 58.2 Å². The van der Waals surface area contributed by atoms with E-state index in [2.05, 4.69) is 10.6 Å². The summed E-state index contributed by atoms with van der Waals surface area (Å²) in [6.45, 7) is 0. The van der Waals surface area contributed by atoms with Gasteiger partial charge in [0.25, 0.3) is 0 Å². The third kappa shape index (κ3) is 4.69. The van der Waals surface area contributed by atoms with Crippen molar-refractivity contribution in [1.82, 2.24) is 0 Å². The number of carbonyl (C=O) groups is 2. The van der Waals surface area contributed by atoms with E-state index >= 15 is 0 Å². The van der Waals surface area contributed by atoms with E-state index in [9.17, 15) is 9.59 Å². The second-order valence-corrected chi connectivity index (χ2v) is 7.69. The standard InChI is InChI=1S/C18H16Cl2N2O2S/c19-12-6-7-15(13(20)9-12)21-17(23)10-25-16-8-5-11-3-1-2-4-14(11)22-18(16)24/h1-4,6-7,9,16H,5,8,10H2,(H,21,23)(H,22,24).